The molecule has 1 fully saturated rings. The molecule has 1 atom stereocenters. The number of rotatable bonds is 4. The summed E-state index contributed by atoms with van der Waals surface area (Å²) in [6.07, 6.45) is 2.13. The number of hydrogen-bond acceptors (Lipinski definition) is 4. The van der Waals surface area contributed by atoms with E-state index in [-0.39, 0.29) is 11.9 Å². The zero-order chi connectivity index (χ0) is 16.2. The van der Waals surface area contributed by atoms with Gasteiger partial charge in [0.05, 0.1) is 11.2 Å². The lowest BCUT2D eigenvalue weighted by Gasteiger charge is -2.33. The summed E-state index contributed by atoms with van der Waals surface area (Å²) in [6.45, 7) is 4.71. The summed E-state index contributed by atoms with van der Waals surface area (Å²) in [5, 5.41) is 3.92. The first-order valence-corrected chi connectivity index (χ1v) is 9.05. The molecule has 1 saturated heterocycles. The molecule has 2 aromatic rings. The maximum Gasteiger partial charge on any atom is 0.263 e. The van der Waals surface area contributed by atoms with E-state index in [1.165, 1.54) is 16.9 Å². The van der Waals surface area contributed by atoms with Crippen LogP contribution in [0.4, 0.5) is 0 Å². The largest absolute Gasteiger partial charge is 0.347 e. The quantitative estimate of drug-likeness (QED) is 0.918. The van der Waals surface area contributed by atoms with Gasteiger partial charge in [-0.05, 0) is 44.0 Å². The molecule has 1 amide bonds. The van der Waals surface area contributed by atoms with Gasteiger partial charge in [0.25, 0.3) is 5.91 Å². The van der Waals surface area contributed by atoms with Gasteiger partial charge in [0.2, 0.25) is 0 Å². The predicted octanol–water partition coefficient (Wildman–Crippen LogP) is 3.50. The number of hydrogen-bond donors (Lipinski definition) is 1. The molecular weight excluding hydrogens is 330 g/mol. The zero-order valence-electron chi connectivity index (χ0n) is 13.1. The van der Waals surface area contributed by atoms with Crippen molar-refractivity contribution in [2.75, 3.05) is 13.1 Å². The number of aromatic nitrogens is 1. The SMILES string of the molecule is Cc1ncsc1C(=O)NC1CCCN(Cc2ccc(Cl)cc2)C1. The first-order chi connectivity index (χ1) is 11.1. The van der Waals surface area contributed by atoms with Crippen LogP contribution in [0.2, 0.25) is 5.02 Å². The number of amides is 1. The second kappa shape index (κ2) is 7.43. The molecule has 122 valence electrons. The van der Waals surface area contributed by atoms with Gasteiger partial charge in [-0.3, -0.25) is 9.69 Å². The average molecular weight is 350 g/mol. The number of nitrogens with one attached hydrogen (secondary N) is 1. The lowest BCUT2D eigenvalue weighted by molar-refractivity contribution is 0.0904. The lowest BCUT2D eigenvalue weighted by Crippen LogP contribution is -2.47. The number of thiazole rings is 1. The molecule has 0 spiro atoms. The molecule has 1 aromatic heterocycles. The minimum atomic E-state index is 0.00310. The fourth-order valence-corrected chi connectivity index (χ4v) is 3.77. The fraction of sp³-hybridized carbons (Fsp3) is 0.412. The van der Waals surface area contributed by atoms with Crippen LogP contribution in [-0.4, -0.2) is 34.9 Å². The number of carbonyl (C=O) groups is 1. The second-order valence-corrected chi connectivity index (χ2v) is 7.23. The van der Waals surface area contributed by atoms with E-state index in [1.54, 1.807) is 5.51 Å². The topological polar surface area (TPSA) is 45.2 Å². The maximum atomic E-state index is 12.3. The molecule has 2 heterocycles. The summed E-state index contributed by atoms with van der Waals surface area (Å²) in [6, 6.07) is 8.17. The molecule has 4 nitrogen and oxygen atoms in total. The van der Waals surface area contributed by atoms with Gasteiger partial charge in [0, 0.05) is 24.2 Å². The van der Waals surface area contributed by atoms with Crippen LogP contribution in [-0.2, 0) is 6.54 Å². The molecule has 1 aliphatic heterocycles. The Kier molecular flexibility index (Phi) is 5.30. The molecule has 0 radical (unpaired) electrons. The van der Waals surface area contributed by atoms with Crippen molar-refractivity contribution in [1.29, 1.82) is 0 Å². The van der Waals surface area contributed by atoms with Crippen molar-refractivity contribution in [1.82, 2.24) is 15.2 Å². The van der Waals surface area contributed by atoms with Crippen molar-refractivity contribution in [2.45, 2.75) is 32.4 Å². The van der Waals surface area contributed by atoms with Gasteiger partial charge < -0.3 is 5.32 Å². The van der Waals surface area contributed by atoms with Gasteiger partial charge in [-0.15, -0.1) is 11.3 Å². The highest BCUT2D eigenvalue weighted by atomic mass is 35.5. The van der Waals surface area contributed by atoms with Crippen LogP contribution in [0.1, 0.15) is 33.8 Å². The smallest absolute Gasteiger partial charge is 0.263 e. The van der Waals surface area contributed by atoms with Crippen LogP contribution in [0.15, 0.2) is 29.8 Å². The lowest BCUT2D eigenvalue weighted by atomic mass is 10.0. The second-order valence-electron chi connectivity index (χ2n) is 5.94. The van der Waals surface area contributed by atoms with Crippen LogP contribution in [0.25, 0.3) is 0 Å². The van der Waals surface area contributed by atoms with Crippen molar-refractivity contribution >= 4 is 28.8 Å². The number of benzene rings is 1. The average Bonchev–Trinajstić information content (AvgIpc) is 2.96. The molecule has 0 aliphatic carbocycles. The first-order valence-electron chi connectivity index (χ1n) is 7.79. The van der Waals surface area contributed by atoms with Crippen molar-refractivity contribution in [3.05, 3.63) is 50.9 Å². The summed E-state index contributed by atoms with van der Waals surface area (Å²) in [5.74, 6) is 0.00310. The van der Waals surface area contributed by atoms with Crippen molar-refractivity contribution in [3.8, 4) is 0 Å². The van der Waals surface area contributed by atoms with Crippen LogP contribution >= 0.6 is 22.9 Å². The highest BCUT2D eigenvalue weighted by Crippen LogP contribution is 2.17. The zero-order valence-corrected chi connectivity index (χ0v) is 14.7. The van der Waals surface area contributed by atoms with E-state index in [0.717, 1.165) is 48.1 Å². The van der Waals surface area contributed by atoms with E-state index in [4.69, 9.17) is 11.6 Å². The van der Waals surface area contributed by atoms with Gasteiger partial charge >= 0.3 is 0 Å². The molecular formula is C17H20ClN3OS. The Morgan fingerprint density at radius 2 is 2.22 bits per heavy atom. The van der Waals surface area contributed by atoms with E-state index in [9.17, 15) is 4.79 Å². The van der Waals surface area contributed by atoms with Gasteiger partial charge in [-0.2, -0.15) is 0 Å². The number of aryl methyl sites for hydroxylation is 1. The van der Waals surface area contributed by atoms with E-state index in [2.05, 4.69) is 27.3 Å². The van der Waals surface area contributed by atoms with Crippen molar-refractivity contribution in [2.24, 2.45) is 0 Å². The van der Waals surface area contributed by atoms with E-state index in [1.807, 2.05) is 19.1 Å². The van der Waals surface area contributed by atoms with Gasteiger partial charge in [-0.25, -0.2) is 4.98 Å². The van der Waals surface area contributed by atoms with Gasteiger partial charge in [0.1, 0.15) is 4.88 Å². The number of likely N-dealkylation sites (tertiary alicyclic amines) is 1. The van der Waals surface area contributed by atoms with Crippen LogP contribution in [0.3, 0.4) is 0 Å². The first kappa shape index (κ1) is 16.4. The molecule has 1 unspecified atom stereocenters. The van der Waals surface area contributed by atoms with Gasteiger partial charge in [-0.1, -0.05) is 23.7 Å². The highest BCUT2D eigenvalue weighted by Gasteiger charge is 2.23. The Morgan fingerprint density at radius 3 is 2.91 bits per heavy atom. The third kappa shape index (κ3) is 4.31. The molecule has 6 heteroatoms. The summed E-state index contributed by atoms with van der Waals surface area (Å²) in [4.78, 5) is 19.6. The molecule has 0 bridgehead atoms. The molecule has 3 rings (SSSR count). The summed E-state index contributed by atoms with van der Waals surface area (Å²) >= 11 is 7.33. The number of halogens is 1. The number of carbonyl (C=O) groups excluding carboxylic acids is 1. The Hall–Kier alpha value is -1.43. The minimum Gasteiger partial charge on any atom is -0.347 e. The normalized spacial score (nSPS) is 18.8. The fourth-order valence-electron chi connectivity index (χ4n) is 2.94. The minimum absolute atomic E-state index is 0.00310. The number of nitrogens with zero attached hydrogens (tertiary/aromatic N) is 2. The van der Waals surface area contributed by atoms with E-state index >= 15 is 0 Å². The Labute approximate surface area is 145 Å². The third-order valence-corrected chi connectivity index (χ3v) is 5.29. The monoisotopic (exact) mass is 349 g/mol. The molecule has 23 heavy (non-hydrogen) atoms. The Morgan fingerprint density at radius 1 is 1.43 bits per heavy atom. The van der Waals surface area contributed by atoms with Crippen LogP contribution in [0, 0.1) is 6.92 Å². The van der Waals surface area contributed by atoms with E-state index in [0.29, 0.717) is 0 Å². The van der Waals surface area contributed by atoms with E-state index < -0.39 is 0 Å². The third-order valence-electron chi connectivity index (χ3n) is 4.11. The highest BCUT2D eigenvalue weighted by molar-refractivity contribution is 7.11. The van der Waals surface area contributed by atoms with Crippen LogP contribution < -0.4 is 5.32 Å². The van der Waals surface area contributed by atoms with Crippen molar-refractivity contribution in [3.63, 3.8) is 0 Å². The summed E-state index contributed by atoms with van der Waals surface area (Å²) < 4.78 is 0. The Balaban J connectivity index is 1.56. The van der Waals surface area contributed by atoms with Crippen LogP contribution in [0.5, 0.6) is 0 Å². The molecule has 1 aliphatic rings. The Bertz CT molecular complexity index is 671. The molecule has 0 saturated carbocycles. The molecule has 1 N–H and O–H groups in total. The standard InChI is InChI=1S/C17H20ClN3OS/c1-12-16(23-11-19-12)17(22)20-15-3-2-8-21(10-15)9-13-4-6-14(18)7-5-13/h4-7,11,15H,2-3,8-10H2,1H3,(H,20,22). The van der Waals surface area contributed by atoms with Crippen molar-refractivity contribution < 1.29 is 4.79 Å². The van der Waals surface area contributed by atoms with Gasteiger partial charge in [0.15, 0.2) is 0 Å². The predicted molar refractivity (Wildman–Crippen MR) is 94.1 cm³/mol. The molecule has 1 aromatic carbocycles. The maximum absolute atomic E-state index is 12.3. The summed E-state index contributed by atoms with van der Waals surface area (Å²) in [5.41, 5.74) is 3.78. The summed E-state index contributed by atoms with van der Waals surface area (Å²) in [7, 11) is 0. The number of piperidine rings is 1.